The molecule has 1 aliphatic rings. The molecular weight excluding hydrogens is 397 g/mol. The van der Waals surface area contributed by atoms with E-state index in [2.05, 4.69) is 31.5 Å². The second kappa shape index (κ2) is 11.0. The highest BCUT2D eigenvalue weighted by atomic mass is 79.9. The lowest BCUT2D eigenvalue weighted by atomic mass is 9.93. The van der Waals surface area contributed by atoms with Gasteiger partial charge in [0, 0.05) is 17.4 Å². The Morgan fingerprint density at radius 3 is 2.71 bits per heavy atom. The zero-order valence-electron chi connectivity index (χ0n) is 14.0. The van der Waals surface area contributed by atoms with Crippen molar-refractivity contribution in [2.24, 2.45) is 5.92 Å². The topological polar surface area (TPSA) is 44.4 Å². The first kappa shape index (κ1) is 21.4. The molecular formula is C17H26BrClFN3O. The predicted octanol–water partition coefficient (Wildman–Crippen LogP) is 3.66. The highest BCUT2D eigenvalue weighted by Crippen LogP contribution is 2.21. The van der Waals surface area contributed by atoms with Crippen LogP contribution in [-0.4, -0.2) is 44.0 Å². The maximum Gasteiger partial charge on any atom is 0.225 e. The molecule has 0 bridgehead atoms. The first-order valence-electron chi connectivity index (χ1n) is 8.20. The van der Waals surface area contributed by atoms with Crippen LogP contribution in [0.25, 0.3) is 0 Å². The van der Waals surface area contributed by atoms with E-state index in [0.717, 1.165) is 32.1 Å². The average Bonchev–Trinajstić information content (AvgIpc) is 2.54. The molecule has 0 saturated carbocycles. The minimum absolute atomic E-state index is 0. The molecule has 0 radical (unpaired) electrons. The minimum atomic E-state index is -0.418. The molecule has 0 spiro atoms. The van der Waals surface area contributed by atoms with Gasteiger partial charge in [0.05, 0.1) is 5.69 Å². The Labute approximate surface area is 158 Å². The zero-order valence-corrected chi connectivity index (χ0v) is 16.4. The van der Waals surface area contributed by atoms with E-state index in [1.54, 1.807) is 12.1 Å². The van der Waals surface area contributed by atoms with Crippen molar-refractivity contribution in [2.45, 2.75) is 25.7 Å². The number of carbonyl (C=O) groups excluding carboxylic acids is 1. The van der Waals surface area contributed by atoms with Crippen molar-refractivity contribution in [1.29, 1.82) is 0 Å². The average molecular weight is 423 g/mol. The van der Waals surface area contributed by atoms with Gasteiger partial charge in [0.25, 0.3) is 0 Å². The van der Waals surface area contributed by atoms with Gasteiger partial charge >= 0.3 is 0 Å². The van der Waals surface area contributed by atoms with Gasteiger partial charge < -0.3 is 15.5 Å². The number of piperidine rings is 1. The second-order valence-corrected chi connectivity index (χ2v) is 7.02. The molecule has 0 unspecified atom stereocenters. The Morgan fingerprint density at radius 1 is 1.38 bits per heavy atom. The molecule has 24 heavy (non-hydrogen) atoms. The summed E-state index contributed by atoms with van der Waals surface area (Å²) in [6.07, 6.45) is 4.03. The van der Waals surface area contributed by atoms with Gasteiger partial charge in [0.1, 0.15) is 5.82 Å². The highest BCUT2D eigenvalue weighted by molar-refractivity contribution is 9.10. The predicted molar refractivity (Wildman–Crippen MR) is 102 cm³/mol. The molecule has 2 N–H and O–H groups in total. The van der Waals surface area contributed by atoms with Crippen LogP contribution in [0.3, 0.4) is 0 Å². The summed E-state index contributed by atoms with van der Waals surface area (Å²) in [5, 5.41) is 5.84. The maximum absolute atomic E-state index is 13.7. The molecule has 7 heteroatoms. The first-order chi connectivity index (χ1) is 11.1. The van der Waals surface area contributed by atoms with E-state index in [-0.39, 0.29) is 24.0 Å². The Morgan fingerprint density at radius 2 is 2.08 bits per heavy atom. The molecule has 1 aromatic rings. The van der Waals surface area contributed by atoms with Gasteiger partial charge in [0.2, 0.25) is 5.91 Å². The van der Waals surface area contributed by atoms with Crippen LogP contribution in [0.4, 0.5) is 10.1 Å². The van der Waals surface area contributed by atoms with Crippen molar-refractivity contribution >= 4 is 39.9 Å². The summed E-state index contributed by atoms with van der Waals surface area (Å²) < 4.78 is 14.4. The van der Waals surface area contributed by atoms with Gasteiger partial charge in [-0.15, -0.1) is 12.4 Å². The van der Waals surface area contributed by atoms with Crippen molar-refractivity contribution in [3.8, 4) is 0 Å². The smallest absolute Gasteiger partial charge is 0.225 e. The molecule has 4 nitrogen and oxygen atoms in total. The van der Waals surface area contributed by atoms with Gasteiger partial charge in [-0.1, -0.05) is 15.9 Å². The fraction of sp³-hybridized carbons (Fsp3) is 0.588. The molecule has 0 aliphatic carbocycles. The lowest BCUT2D eigenvalue weighted by Crippen LogP contribution is -2.36. The number of likely N-dealkylation sites (tertiary alicyclic amines) is 1. The van der Waals surface area contributed by atoms with Gasteiger partial charge in [0.15, 0.2) is 0 Å². The summed E-state index contributed by atoms with van der Waals surface area (Å²) in [7, 11) is 1.99. The summed E-state index contributed by atoms with van der Waals surface area (Å²) in [6, 6.07) is 4.64. The zero-order chi connectivity index (χ0) is 16.7. The van der Waals surface area contributed by atoms with Crippen LogP contribution in [0.15, 0.2) is 22.7 Å². The van der Waals surface area contributed by atoms with Crippen molar-refractivity contribution in [2.75, 3.05) is 38.5 Å². The number of anilines is 1. The van der Waals surface area contributed by atoms with Crippen LogP contribution in [0.2, 0.25) is 0 Å². The molecule has 1 amide bonds. The number of hydrogen-bond donors (Lipinski definition) is 2. The van der Waals surface area contributed by atoms with Crippen LogP contribution in [0.1, 0.15) is 25.7 Å². The summed E-state index contributed by atoms with van der Waals surface area (Å²) in [5.74, 6) is 0.242. The van der Waals surface area contributed by atoms with E-state index >= 15 is 0 Å². The fourth-order valence-electron chi connectivity index (χ4n) is 2.91. The van der Waals surface area contributed by atoms with Crippen LogP contribution >= 0.6 is 28.3 Å². The van der Waals surface area contributed by atoms with Crippen molar-refractivity contribution < 1.29 is 9.18 Å². The van der Waals surface area contributed by atoms with E-state index in [9.17, 15) is 9.18 Å². The van der Waals surface area contributed by atoms with E-state index in [1.807, 2.05) is 7.05 Å². The fourth-order valence-corrected chi connectivity index (χ4v) is 3.24. The van der Waals surface area contributed by atoms with Crippen molar-refractivity contribution in [3.05, 3.63) is 28.5 Å². The van der Waals surface area contributed by atoms with Gasteiger partial charge in [-0.25, -0.2) is 4.39 Å². The van der Waals surface area contributed by atoms with E-state index in [0.29, 0.717) is 10.9 Å². The standard InChI is InChI=1S/C17H25BrFN3O.ClH/c1-20-8-4-13-5-9-22(10-6-13)11-7-17(23)21-16-3-2-14(18)12-15(16)19;/h2-3,12-13,20H,4-11H2,1H3,(H,21,23);1H. The summed E-state index contributed by atoms with van der Waals surface area (Å²) in [6.45, 7) is 3.91. The number of benzene rings is 1. The summed E-state index contributed by atoms with van der Waals surface area (Å²) in [5.41, 5.74) is 0.240. The highest BCUT2D eigenvalue weighted by Gasteiger charge is 2.19. The summed E-state index contributed by atoms with van der Waals surface area (Å²) >= 11 is 3.20. The number of carbonyl (C=O) groups is 1. The molecule has 1 aliphatic heterocycles. The Kier molecular flexibility index (Phi) is 9.81. The molecule has 1 aromatic carbocycles. The van der Waals surface area contributed by atoms with Gasteiger partial charge in [-0.2, -0.15) is 0 Å². The molecule has 0 aromatic heterocycles. The van der Waals surface area contributed by atoms with E-state index in [1.165, 1.54) is 25.3 Å². The number of rotatable bonds is 7. The largest absolute Gasteiger partial charge is 0.324 e. The Bertz CT molecular complexity index is 525. The first-order valence-corrected chi connectivity index (χ1v) is 8.99. The molecule has 2 rings (SSSR count). The monoisotopic (exact) mass is 421 g/mol. The molecule has 1 fully saturated rings. The second-order valence-electron chi connectivity index (χ2n) is 6.10. The third-order valence-electron chi connectivity index (χ3n) is 4.37. The minimum Gasteiger partial charge on any atom is -0.324 e. The van der Waals surface area contributed by atoms with Crippen LogP contribution in [0, 0.1) is 11.7 Å². The van der Waals surface area contributed by atoms with Crippen molar-refractivity contribution in [1.82, 2.24) is 10.2 Å². The number of nitrogens with one attached hydrogen (secondary N) is 2. The third kappa shape index (κ3) is 7.05. The number of hydrogen-bond acceptors (Lipinski definition) is 3. The van der Waals surface area contributed by atoms with E-state index < -0.39 is 5.82 Å². The van der Waals surface area contributed by atoms with E-state index in [4.69, 9.17) is 0 Å². The van der Waals surface area contributed by atoms with Gasteiger partial charge in [-0.05, 0) is 70.1 Å². The number of nitrogens with zero attached hydrogens (tertiary/aromatic N) is 1. The van der Waals surface area contributed by atoms with Crippen LogP contribution in [-0.2, 0) is 4.79 Å². The Balaban J connectivity index is 0.00000288. The lowest BCUT2D eigenvalue weighted by Gasteiger charge is -2.31. The summed E-state index contributed by atoms with van der Waals surface area (Å²) in [4.78, 5) is 14.3. The van der Waals surface area contributed by atoms with Gasteiger partial charge in [-0.3, -0.25) is 4.79 Å². The van der Waals surface area contributed by atoms with Crippen molar-refractivity contribution in [3.63, 3.8) is 0 Å². The normalized spacial score (nSPS) is 15.8. The van der Waals surface area contributed by atoms with Crippen LogP contribution in [0.5, 0.6) is 0 Å². The molecule has 1 heterocycles. The third-order valence-corrected chi connectivity index (χ3v) is 4.86. The lowest BCUT2D eigenvalue weighted by molar-refractivity contribution is -0.116. The SMILES string of the molecule is CNCCC1CCN(CCC(=O)Nc2ccc(Br)cc2F)CC1.Cl. The Hall–Kier alpha value is -0.690. The molecule has 1 saturated heterocycles. The number of amides is 1. The number of halogens is 3. The quantitative estimate of drug-likeness (QED) is 0.705. The maximum atomic E-state index is 13.7. The molecule has 136 valence electrons. The molecule has 0 atom stereocenters. The van der Waals surface area contributed by atoms with Crippen LogP contribution < -0.4 is 10.6 Å².